The molecule has 0 bridgehead atoms. The largest absolute Gasteiger partial charge is 0.459 e. The summed E-state index contributed by atoms with van der Waals surface area (Å²) in [6, 6.07) is 0. The van der Waals surface area contributed by atoms with Gasteiger partial charge in [-0.15, -0.1) is 0 Å². The minimum atomic E-state index is -1.31. The van der Waals surface area contributed by atoms with Gasteiger partial charge in [0.25, 0.3) is 0 Å². The van der Waals surface area contributed by atoms with Crippen LogP contribution in [0, 0.1) is 46.3 Å². The van der Waals surface area contributed by atoms with Crippen LogP contribution >= 0.6 is 0 Å². The van der Waals surface area contributed by atoms with Crippen molar-refractivity contribution in [1.29, 1.82) is 0 Å². The zero-order chi connectivity index (χ0) is 24.3. The van der Waals surface area contributed by atoms with E-state index >= 15 is 0 Å². The number of rotatable bonds is 4. The number of aliphatic hydroxyl groups excluding tert-OH is 2. The number of fused-ring (bicyclic) bond motifs is 5. The van der Waals surface area contributed by atoms with Gasteiger partial charge in [0, 0.05) is 18.8 Å². The van der Waals surface area contributed by atoms with Gasteiger partial charge in [0.15, 0.2) is 0 Å². The van der Waals surface area contributed by atoms with Crippen molar-refractivity contribution in [2.45, 2.75) is 110 Å². The van der Waals surface area contributed by atoms with Crippen LogP contribution in [0.4, 0.5) is 0 Å². The van der Waals surface area contributed by atoms with Crippen LogP contribution < -0.4 is 0 Å². The smallest absolute Gasteiger partial charge is 0.303 e. The molecule has 4 saturated carbocycles. The molecule has 0 aromatic heterocycles. The Hall–Kier alpha value is -0.910. The zero-order valence-corrected chi connectivity index (χ0v) is 21.5. The Morgan fingerprint density at radius 3 is 2.39 bits per heavy atom. The van der Waals surface area contributed by atoms with Gasteiger partial charge in [-0.1, -0.05) is 46.8 Å². The lowest BCUT2D eigenvalue weighted by Crippen LogP contribution is -2.71. The maximum absolute atomic E-state index is 12.0. The van der Waals surface area contributed by atoms with Gasteiger partial charge in [0.05, 0.1) is 12.2 Å². The first-order chi connectivity index (χ1) is 15.3. The lowest BCUT2D eigenvalue weighted by molar-refractivity contribution is -0.286. The third kappa shape index (κ3) is 3.90. The van der Waals surface area contributed by atoms with Crippen molar-refractivity contribution in [2.24, 2.45) is 46.3 Å². The number of carbonyl (C=O) groups is 1. The zero-order valence-electron chi connectivity index (χ0n) is 21.5. The Bertz CT molecular complexity index is 778. The van der Waals surface area contributed by atoms with Crippen LogP contribution in [0.5, 0.6) is 0 Å². The van der Waals surface area contributed by atoms with E-state index in [9.17, 15) is 20.1 Å². The van der Waals surface area contributed by atoms with Crippen LogP contribution in [-0.2, 0) is 9.53 Å². The van der Waals surface area contributed by atoms with Gasteiger partial charge in [0.1, 0.15) is 11.7 Å². The number of carbonyl (C=O) groups excluding carboxylic acids is 1. The Labute approximate surface area is 200 Å². The van der Waals surface area contributed by atoms with Crippen LogP contribution in [0.15, 0.2) is 12.2 Å². The minimum Gasteiger partial charge on any atom is -0.459 e. The molecule has 5 heteroatoms. The van der Waals surface area contributed by atoms with E-state index in [0.29, 0.717) is 42.9 Å². The van der Waals surface area contributed by atoms with Crippen LogP contribution in [0.2, 0.25) is 0 Å². The van der Waals surface area contributed by atoms with Crippen molar-refractivity contribution < 1.29 is 24.9 Å². The molecule has 3 N–H and O–H groups in total. The predicted molar refractivity (Wildman–Crippen MR) is 128 cm³/mol. The number of hydrogen-bond donors (Lipinski definition) is 3. The summed E-state index contributed by atoms with van der Waals surface area (Å²) in [5, 5.41) is 34.1. The maximum atomic E-state index is 12.0. The molecule has 11 atom stereocenters. The molecule has 188 valence electrons. The summed E-state index contributed by atoms with van der Waals surface area (Å²) in [6.45, 7) is 12.6. The van der Waals surface area contributed by atoms with Crippen molar-refractivity contribution in [3.05, 3.63) is 12.2 Å². The van der Waals surface area contributed by atoms with Gasteiger partial charge in [-0.2, -0.15) is 0 Å². The van der Waals surface area contributed by atoms with Crippen LogP contribution in [0.25, 0.3) is 0 Å². The number of hydrogen-bond acceptors (Lipinski definition) is 5. The standard InChI is InChI=1S/C28H46O5/c1-16(2)7-8-17(3)21-9-10-22-20-13-24(33-18(4)29)28(32)14-19(30)11-12-27(28,6)25(20)23(31)15-26(21,22)5/h7-8,16-17,19-25,30-32H,9-15H2,1-6H3. The molecule has 0 amide bonds. The molecular weight excluding hydrogens is 416 g/mol. The van der Waals surface area contributed by atoms with E-state index in [1.165, 1.54) is 6.92 Å². The van der Waals surface area contributed by atoms with E-state index in [-0.39, 0.29) is 29.6 Å². The van der Waals surface area contributed by atoms with Gasteiger partial charge >= 0.3 is 5.97 Å². The summed E-state index contributed by atoms with van der Waals surface area (Å²) in [6.07, 6.45) is 8.00. The first-order valence-corrected chi connectivity index (χ1v) is 13.3. The van der Waals surface area contributed by atoms with Gasteiger partial charge < -0.3 is 20.1 Å². The monoisotopic (exact) mass is 462 g/mol. The third-order valence-corrected chi connectivity index (χ3v) is 10.6. The molecule has 4 aliphatic rings. The van der Waals surface area contributed by atoms with E-state index in [1.54, 1.807) is 0 Å². The van der Waals surface area contributed by atoms with Gasteiger partial charge in [0.2, 0.25) is 0 Å². The summed E-state index contributed by atoms with van der Waals surface area (Å²) in [7, 11) is 0. The summed E-state index contributed by atoms with van der Waals surface area (Å²) in [5.41, 5.74) is -1.86. The second-order valence-corrected chi connectivity index (χ2v) is 12.8. The highest BCUT2D eigenvalue weighted by Gasteiger charge is 2.70. The highest BCUT2D eigenvalue weighted by Crippen LogP contribution is 2.69. The fraction of sp³-hybridized carbons (Fsp3) is 0.893. The average Bonchev–Trinajstić information content (AvgIpc) is 3.04. The molecule has 0 aliphatic heterocycles. The molecule has 33 heavy (non-hydrogen) atoms. The van der Waals surface area contributed by atoms with Crippen molar-refractivity contribution in [2.75, 3.05) is 0 Å². The van der Waals surface area contributed by atoms with E-state index in [4.69, 9.17) is 4.74 Å². The molecule has 0 heterocycles. The summed E-state index contributed by atoms with van der Waals surface area (Å²) >= 11 is 0. The highest BCUT2D eigenvalue weighted by atomic mass is 16.6. The van der Waals surface area contributed by atoms with Crippen LogP contribution in [-0.4, -0.2) is 45.2 Å². The topological polar surface area (TPSA) is 87.0 Å². The van der Waals surface area contributed by atoms with E-state index in [1.807, 2.05) is 0 Å². The molecule has 5 nitrogen and oxygen atoms in total. The first kappa shape index (κ1) is 25.2. The van der Waals surface area contributed by atoms with Gasteiger partial charge in [-0.3, -0.25) is 4.79 Å². The summed E-state index contributed by atoms with van der Waals surface area (Å²) in [4.78, 5) is 12.0. The Morgan fingerprint density at radius 1 is 1.06 bits per heavy atom. The third-order valence-electron chi connectivity index (χ3n) is 10.6. The molecule has 0 aromatic carbocycles. The Morgan fingerprint density at radius 2 is 1.76 bits per heavy atom. The molecule has 4 aliphatic carbocycles. The summed E-state index contributed by atoms with van der Waals surface area (Å²) < 4.78 is 5.79. The van der Waals surface area contributed by atoms with Crippen molar-refractivity contribution in [3.8, 4) is 0 Å². The van der Waals surface area contributed by atoms with Gasteiger partial charge in [-0.05, 0) is 79.4 Å². The lowest BCUT2D eigenvalue weighted by Gasteiger charge is -2.66. The molecule has 0 saturated heterocycles. The predicted octanol–water partition coefficient (Wildman–Crippen LogP) is 4.48. The molecule has 4 fully saturated rings. The van der Waals surface area contributed by atoms with Gasteiger partial charge in [-0.25, -0.2) is 0 Å². The SMILES string of the molecule is CC(=O)OC1CC2C3CCC(C(C)C=CC(C)C)C3(C)CC(O)C2C2(C)CCC(O)CC12O. The fourth-order valence-electron chi connectivity index (χ4n) is 9.14. The average molecular weight is 463 g/mol. The van der Waals surface area contributed by atoms with Crippen molar-refractivity contribution in [3.63, 3.8) is 0 Å². The van der Waals surface area contributed by atoms with Crippen LogP contribution in [0.3, 0.4) is 0 Å². The van der Waals surface area contributed by atoms with E-state index < -0.39 is 29.3 Å². The fourth-order valence-corrected chi connectivity index (χ4v) is 9.14. The maximum Gasteiger partial charge on any atom is 0.303 e. The van der Waals surface area contributed by atoms with E-state index in [2.05, 4.69) is 46.8 Å². The second-order valence-electron chi connectivity index (χ2n) is 12.8. The number of allylic oxidation sites excluding steroid dienone is 2. The highest BCUT2D eigenvalue weighted by molar-refractivity contribution is 5.66. The number of ether oxygens (including phenoxy) is 1. The normalized spacial score (nSPS) is 50.5. The number of esters is 1. The number of aliphatic hydroxyl groups is 3. The Kier molecular flexibility index (Phi) is 6.59. The molecule has 0 radical (unpaired) electrons. The first-order valence-electron chi connectivity index (χ1n) is 13.3. The molecule has 4 rings (SSSR count). The van der Waals surface area contributed by atoms with Crippen molar-refractivity contribution >= 4 is 5.97 Å². The summed E-state index contributed by atoms with van der Waals surface area (Å²) in [5.74, 6) is 1.72. The molecule has 11 unspecified atom stereocenters. The molecule has 0 spiro atoms. The molecule has 0 aromatic rings. The lowest BCUT2D eigenvalue weighted by atomic mass is 9.41. The quantitative estimate of drug-likeness (QED) is 0.423. The second kappa shape index (κ2) is 8.64. The Balaban J connectivity index is 1.70. The van der Waals surface area contributed by atoms with E-state index in [0.717, 1.165) is 19.3 Å². The van der Waals surface area contributed by atoms with Crippen LogP contribution in [0.1, 0.15) is 86.5 Å². The van der Waals surface area contributed by atoms with Crippen molar-refractivity contribution in [1.82, 2.24) is 0 Å². The molecular formula is C28H46O5. The minimum absolute atomic E-state index is 0.0299.